The van der Waals surface area contributed by atoms with Gasteiger partial charge in [0.2, 0.25) is 0 Å². The quantitative estimate of drug-likeness (QED) is 0.503. The molecular weight excluding hydrogens is 371 g/mol. The van der Waals surface area contributed by atoms with Crippen molar-refractivity contribution in [2.75, 3.05) is 37.2 Å². The van der Waals surface area contributed by atoms with Crippen molar-refractivity contribution in [3.05, 3.63) is 0 Å². The summed E-state index contributed by atoms with van der Waals surface area (Å²) in [6.45, 7) is 11.8. The molecular formula is C14H25IN2O3. The minimum absolute atomic E-state index is 0.0504. The van der Waals surface area contributed by atoms with E-state index in [2.05, 4.69) is 34.4 Å². The first kappa shape index (κ1) is 16.3. The number of carbonyl (C=O) groups excluding carboxylic acids is 1. The van der Waals surface area contributed by atoms with Crippen molar-refractivity contribution in [1.82, 2.24) is 9.80 Å². The summed E-state index contributed by atoms with van der Waals surface area (Å²) < 4.78 is 12.4. The van der Waals surface area contributed by atoms with Gasteiger partial charge in [-0.1, -0.05) is 22.6 Å². The Balaban J connectivity index is 1.91. The van der Waals surface area contributed by atoms with Gasteiger partial charge in [-0.15, -0.1) is 0 Å². The second-order valence-corrected chi connectivity index (χ2v) is 7.71. The molecule has 0 saturated carbocycles. The number of alkyl halides is 1. The zero-order valence-corrected chi connectivity index (χ0v) is 15.0. The van der Waals surface area contributed by atoms with Gasteiger partial charge in [-0.3, -0.25) is 4.90 Å². The number of ether oxygens (including phenoxy) is 2. The normalized spacial score (nSPS) is 31.9. The molecule has 0 aromatic carbocycles. The highest BCUT2D eigenvalue weighted by Gasteiger charge is 2.40. The first-order chi connectivity index (χ1) is 9.22. The maximum atomic E-state index is 12.1. The fourth-order valence-electron chi connectivity index (χ4n) is 2.60. The molecule has 2 atom stereocenters. The van der Waals surface area contributed by atoms with Crippen LogP contribution in [0.5, 0.6) is 0 Å². The van der Waals surface area contributed by atoms with Gasteiger partial charge in [0.15, 0.2) is 0 Å². The van der Waals surface area contributed by atoms with Crippen LogP contribution < -0.4 is 0 Å². The zero-order valence-electron chi connectivity index (χ0n) is 12.8. The van der Waals surface area contributed by atoms with Gasteiger partial charge in [-0.2, -0.15) is 0 Å². The Kier molecular flexibility index (Phi) is 4.86. The Hall–Kier alpha value is -0.0800. The van der Waals surface area contributed by atoms with Crippen molar-refractivity contribution in [2.45, 2.75) is 44.9 Å². The van der Waals surface area contributed by atoms with E-state index in [9.17, 15) is 4.79 Å². The van der Waals surface area contributed by atoms with Crippen LogP contribution in [0.2, 0.25) is 0 Å². The maximum Gasteiger partial charge on any atom is 0.410 e. The SMILES string of the molecule is CC(C)(C)OC(=O)N1CCN2CC(C)(CI)OCC2C1. The number of rotatable bonds is 1. The molecule has 0 bridgehead atoms. The maximum absolute atomic E-state index is 12.1. The van der Waals surface area contributed by atoms with E-state index in [1.54, 1.807) is 0 Å². The highest BCUT2D eigenvalue weighted by Crippen LogP contribution is 2.26. The third kappa shape index (κ3) is 3.98. The number of nitrogens with zero attached hydrogens (tertiary/aromatic N) is 2. The number of piperazine rings is 1. The number of hydrogen-bond donors (Lipinski definition) is 0. The molecule has 0 N–H and O–H groups in total. The van der Waals surface area contributed by atoms with Crippen LogP contribution in [0.15, 0.2) is 0 Å². The first-order valence-corrected chi connectivity index (χ1v) is 8.67. The molecule has 20 heavy (non-hydrogen) atoms. The number of hydrogen-bond acceptors (Lipinski definition) is 4. The molecule has 0 aromatic rings. The summed E-state index contributed by atoms with van der Waals surface area (Å²) in [5, 5.41) is 0. The summed E-state index contributed by atoms with van der Waals surface area (Å²) in [5.41, 5.74) is -0.484. The number of amides is 1. The van der Waals surface area contributed by atoms with E-state index in [0.29, 0.717) is 19.2 Å². The van der Waals surface area contributed by atoms with Crippen LogP contribution in [-0.2, 0) is 9.47 Å². The Bertz CT molecular complexity index is 372. The molecule has 2 saturated heterocycles. The molecule has 0 radical (unpaired) electrons. The molecule has 2 fully saturated rings. The predicted octanol–water partition coefficient (Wildman–Crippen LogP) is 2.13. The van der Waals surface area contributed by atoms with Crippen molar-refractivity contribution in [3.63, 3.8) is 0 Å². The van der Waals surface area contributed by atoms with E-state index in [1.165, 1.54) is 0 Å². The molecule has 5 nitrogen and oxygen atoms in total. The average Bonchev–Trinajstić information content (AvgIpc) is 2.36. The van der Waals surface area contributed by atoms with Crippen molar-refractivity contribution in [3.8, 4) is 0 Å². The van der Waals surface area contributed by atoms with Gasteiger partial charge in [0, 0.05) is 30.6 Å². The van der Waals surface area contributed by atoms with E-state index in [-0.39, 0.29) is 11.7 Å². The Morgan fingerprint density at radius 2 is 2.15 bits per heavy atom. The molecule has 2 aliphatic rings. The summed E-state index contributed by atoms with van der Waals surface area (Å²) in [7, 11) is 0. The Morgan fingerprint density at radius 3 is 2.75 bits per heavy atom. The lowest BCUT2D eigenvalue weighted by atomic mass is 10.0. The van der Waals surface area contributed by atoms with E-state index in [1.807, 2.05) is 25.7 Å². The smallest absolute Gasteiger partial charge is 0.410 e. The summed E-state index contributed by atoms with van der Waals surface area (Å²) in [5.74, 6) is 0. The third-order valence-electron chi connectivity index (χ3n) is 3.70. The number of morpholine rings is 1. The van der Waals surface area contributed by atoms with Crippen LogP contribution in [0.3, 0.4) is 0 Å². The average molecular weight is 396 g/mol. The molecule has 1 amide bonds. The molecule has 0 spiro atoms. The van der Waals surface area contributed by atoms with Gasteiger partial charge >= 0.3 is 6.09 Å². The summed E-state index contributed by atoms with van der Waals surface area (Å²) >= 11 is 2.38. The molecule has 6 heteroatoms. The van der Waals surface area contributed by atoms with Crippen molar-refractivity contribution in [1.29, 1.82) is 0 Å². The van der Waals surface area contributed by atoms with Crippen LogP contribution in [0.4, 0.5) is 4.79 Å². The molecule has 0 aromatic heterocycles. The first-order valence-electron chi connectivity index (χ1n) is 7.14. The standard InChI is InChI=1S/C14H25IN2O3/c1-13(2,3)20-12(18)16-5-6-17-10-14(4,9-15)19-8-11(17)7-16/h11H,5-10H2,1-4H3. The topological polar surface area (TPSA) is 42.0 Å². The lowest BCUT2D eigenvalue weighted by Gasteiger charge is -2.49. The highest BCUT2D eigenvalue weighted by molar-refractivity contribution is 14.1. The summed E-state index contributed by atoms with van der Waals surface area (Å²) in [6.07, 6.45) is -0.209. The molecule has 116 valence electrons. The molecule has 2 rings (SSSR count). The van der Waals surface area contributed by atoms with Crippen LogP contribution in [0.1, 0.15) is 27.7 Å². The van der Waals surface area contributed by atoms with Crippen molar-refractivity contribution >= 4 is 28.7 Å². The summed E-state index contributed by atoms with van der Waals surface area (Å²) in [4.78, 5) is 16.4. The summed E-state index contributed by atoms with van der Waals surface area (Å²) in [6, 6.07) is 0.298. The van der Waals surface area contributed by atoms with Gasteiger partial charge in [-0.05, 0) is 27.7 Å². The Morgan fingerprint density at radius 1 is 1.45 bits per heavy atom. The van der Waals surface area contributed by atoms with Gasteiger partial charge in [-0.25, -0.2) is 4.79 Å². The lowest BCUT2D eigenvalue weighted by Crippen LogP contribution is -2.64. The van der Waals surface area contributed by atoms with E-state index in [4.69, 9.17) is 9.47 Å². The lowest BCUT2D eigenvalue weighted by molar-refractivity contribution is -0.127. The molecule has 2 unspecified atom stereocenters. The Labute approximate surface area is 135 Å². The molecule has 2 heterocycles. The van der Waals surface area contributed by atoms with Crippen molar-refractivity contribution in [2.24, 2.45) is 0 Å². The third-order valence-corrected chi connectivity index (χ3v) is 5.31. The molecule has 0 aliphatic carbocycles. The van der Waals surface area contributed by atoms with Gasteiger partial charge in [0.05, 0.1) is 18.2 Å². The van der Waals surface area contributed by atoms with Crippen LogP contribution in [-0.4, -0.2) is 70.4 Å². The van der Waals surface area contributed by atoms with Crippen LogP contribution in [0.25, 0.3) is 0 Å². The minimum atomic E-state index is -0.433. The van der Waals surface area contributed by atoms with E-state index >= 15 is 0 Å². The second kappa shape index (κ2) is 5.96. The van der Waals surface area contributed by atoms with Gasteiger partial charge < -0.3 is 14.4 Å². The predicted molar refractivity (Wildman–Crippen MR) is 86.4 cm³/mol. The fraction of sp³-hybridized carbons (Fsp3) is 0.929. The van der Waals surface area contributed by atoms with Crippen molar-refractivity contribution < 1.29 is 14.3 Å². The van der Waals surface area contributed by atoms with Crippen LogP contribution >= 0.6 is 22.6 Å². The zero-order chi connectivity index (χ0) is 15.0. The van der Waals surface area contributed by atoms with E-state index < -0.39 is 5.60 Å². The second-order valence-electron chi connectivity index (χ2n) is 6.95. The highest BCUT2D eigenvalue weighted by atomic mass is 127. The fourth-order valence-corrected chi connectivity index (χ4v) is 3.07. The molecule has 2 aliphatic heterocycles. The minimum Gasteiger partial charge on any atom is -0.444 e. The van der Waals surface area contributed by atoms with Crippen LogP contribution in [0, 0.1) is 0 Å². The van der Waals surface area contributed by atoms with E-state index in [0.717, 1.165) is 24.1 Å². The largest absolute Gasteiger partial charge is 0.444 e. The van der Waals surface area contributed by atoms with Gasteiger partial charge in [0.25, 0.3) is 0 Å². The van der Waals surface area contributed by atoms with Gasteiger partial charge in [0.1, 0.15) is 5.60 Å². The monoisotopic (exact) mass is 396 g/mol. The number of carbonyl (C=O) groups is 1. The number of halogens is 1. The number of fused-ring (bicyclic) bond motifs is 1.